The molecule has 1 aliphatic rings. The Balaban J connectivity index is 1.88. The Bertz CT molecular complexity index is 710. The number of nitrogens with zero attached hydrogens (tertiary/aromatic N) is 4. The van der Waals surface area contributed by atoms with Gasteiger partial charge in [0.25, 0.3) is 11.8 Å². The normalized spacial score (nSPS) is 14.4. The number of ether oxygens (including phenoxy) is 1. The van der Waals surface area contributed by atoms with Crippen LogP contribution in [0.5, 0.6) is 5.75 Å². The van der Waals surface area contributed by atoms with Crippen LogP contribution in [0.25, 0.3) is 0 Å². The van der Waals surface area contributed by atoms with Crippen molar-refractivity contribution in [3.63, 3.8) is 0 Å². The Morgan fingerprint density at radius 2 is 1.66 bits per heavy atom. The fraction of sp³-hybridized carbons (Fsp3) is 0.571. The average molecular weight is 405 g/mol. The zero-order valence-electron chi connectivity index (χ0n) is 17.9. The van der Waals surface area contributed by atoms with Crippen LogP contribution in [0, 0.1) is 0 Å². The van der Waals surface area contributed by atoms with Crippen LogP contribution in [0.2, 0.25) is 0 Å². The lowest BCUT2D eigenvalue weighted by molar-refractivity contribution is -0.132. The largest absolute Gasteiger partial charge is 0.484 e. The molecule has 0 aliphatic carbocycles. The van der Waals surface area contributed by atoms with E-state index < -0.39 is 0 Å². The van der Waals surface area contributed by atoms with Crippen LogP contribution in [0.4, 0.5) is 0 Å². The molecule has 1 aromatic carbocycles. The van der Waals surface area contributed by atoms with E-state index >= 15 is 0 Å². The summed E-state index contributed by atoms with van der Waals surface area (Å²) in [6.45, 7) is 8.22. The molecule has 1 aromatic rings. The van der Waals surface area contributed by atoms with Crippen LogP contribution in [-0.2, 0) is 9.59 Å². The summed E-state index contributed by atoms with van der Waals surface area (Å²) in [5.74, 6) is 0.419. The van der Waals surface area contributed by atoms with Gasteiger partial charge in [0.1, 0.15) is 5.75 Å². The van der Waals surface area contributed by atoms with Gasteiger partial charge in [-0.15, -0.1) is 0 Å². The number of rotatable bonds is 8. The van der Waals surface area contributed by atoms with E-state index in [9.17, 15) is 14.4 Å². The van der Waals surface area contributed by atoms with E-state index in [-0.39, 0.29) is 24.3 Å². The Hall–Kier alpha value is -2.61. The lowest BCUT2D eigenvalue weighted by Crippen LogP contribution is -2.51. The molecule has 0 bridgehead atoms. The Labute approximate surface area is 173 Å². The zero-order chi connectivity index (χ0) is 21.4. The van der Waals surface area contributed by atoms with E-state index in [1.54, 1.807) is 43.3 Å². The number of hydrogen-bond donors (Lipinski definition) is 0. The van der Waals surface area contributed by atoms with Gasteiger partial charge >= 0.3 is 0 Å². The van der Waals surface area contributed by atoms with Gasteiger partial charge in [0.05, 0.1) is 6.54 Å². The summed E-state index contributed by atoms with van der Waals surface area (Å²) in [7, 11) is 3.34. The van der Waals surface area contributed by atoms with Crippen molar-refractivity contribution in [2.24, 2.45) is 0 Å². The first-order chi connectivity index (χ1) is 13.8. The minimum atomic E-state index is -0.142. The summed E-state index contributed by atoms with van der Waals surface area (Å²) in [6.07, 6.45) is 0. The topological polar surface area (TPSA) is 73.4 Å². The van der Waals surface area contributed by atoms with Crippen LogP contribution >= 0.6 is 0 Å². The van der Waals surface area contributed by atoms with Crippen molar-refractivity contribution < 1.29 is 19.1 Å². The quantitative estimate of drug-likeness (QED) is 0.640. The second-order valence-electron chi connectivity index (χ2n) is 7.24. The fourth-order valence-electron chi connectivity index (χ4n) is 3.15. The smallest absolute Gasteiger partial charge is 0.259 e. The summed E-state index contributed by atoms with van der Waals surface area (Å²) in [5.41, 5.74) is 0.535. The molecule has 29 heavy (non-hydrogen) atoms. The highest BCUT2D eigenvalue weighted by molar-refractivity contribution is 5.94. The van der Waals surface area contributed by atoms with Gasteiger partial charge < -0.3 is 19.4 Å². The molecule has 8 nitrogen and oxygen atoms in total. The number of carbonyl (C=O) groups excluding carboxylic acids is 3. The predicted molar refractivity (Wildman–Crippen MR) is 111 cm³/mol. The Morgan fingerprint density at radius 3 is 2.24 bits per heavy atom. The SMILES string of the molecule is CCN(CC)C(=O)CN1CCN(C(=O)c2cccc(OCC(=O)N(C)C)c2)CC1. The number of amides is 3. The van der Waals surface area contributed by atoms with Gasteiger partial charge in [0.2, 0.25) is 5.91 Å². The lowest BCUT2D eigenvalue weighted by atomic mass is 10.1. The molecule has 0 unspecified atom stereocenters. The monoisotopic (exact) mass is 404 g/mol. The Morgan fingerprint density at radius 1 is 1.00 bits per heavy atom. The molecule has 0 N–H and O–H groups in total. The third kappa shape index (κ3) is 6.45. The molecule has 0 atom stereocenters. The van der Waals surface area contributed by atoms with Gasteiger partial charge in [0.15, 0.2) is 6.61 Å². The van der Waals surface area contributed by atoms with E-state index in [0.29, 0.717) is 57.1 Å². The molecule has 0 radical (unpaired) electrons. The third-order valence-electron chi connectivity index (χ3n) is 5.08. The van der Waals surface area contributed by atoms with E-state index in [0.717, 1.165) is 0 Å². The maximum absolute atomic E-state index is 12.8. The highest BCUT2D eigenvalue weighted by atomic mass is 16.5. The number of hydrogen-bond acceptors (Lipinski definition) is 5. The van der Waals surface area contributed by atoms with Crippen LogP contribution in [0.3, 0.4) is 0 Å². The van der Waals surface area contributed by atoms with Crippen molar-refractivity contribution in [1.82, 2.24) is 19.6 Å². The predicted octanol–water partition coefficient (Wildman–Crippen LogP) is 0.780. The fourth-order valence-corrected chi connectivity index (χ4v) is 3.15. The maximum atomic E-state index is 12.8. The second kappa shape index (κ2) is 10.8. The first-order valence-electron chi connectivity index (χ1n) is 10.1. The van der Waals surface area contributed by atoms with Crippen molar-refractivity contribution >= 4 is 17.7 Å². The van der Waals surface area contributed by atoms with Crippen molar-refractivity contribution in [3.8, 4) is 5.75 Å². The minimum Gasteiger partial charge on any atom is -0.484 e. The van der Waals surface area contributed by atoms with Gasteiger partial charge in [-0.1, -0.05) is 6.07 Å². The number of carbonyl (C=O) groups is 3. The first-order valence-corrected chi connectivity index (χ1v) is 10.1. The van der Waals surface area contributed by atoms with Crippen molar-refractivity contribution in [2.75, 3.05) is 66.5 Å². The summed E-state index contributed by atoms with van der Waals surface area (Å²) in [5, 5.41) is 0. The average Bonchev–Trinajstić information content (AvgIpc) is 2.73. The molecule has 0 aromatic heterocycles. The molecule has 1 fully saturated rings. The summed E-state index contributed by atoms with van der Waals surface area (Å²) in [4.78, 5) is 43.9. The molecule has 2 rings (SSSR count). The van der Waals surface area contributed by atoms with Crippen molar-refractivity contribution in [2.45, 2.75) is 13.8 Å². The van der Waals surface area contributed by atoms with Gasteiger partial charge in [-0.05, 0) is 32.0 Å². The highest BCUT2D eigenvalue weighted by Crippen LogP contribution is 2.16. The lowest BCUT2D eigenvalue weighted by Gasteiger charge is -2.35. The van der Waals surface area contributed by atoms with E-state index in [1.165, 1.54) is 4.90 Å². The number of piperazine rings is 1. The van der Waals surface area contributed by atoms with E-state index in [4.69, 9.17) is 4.74 Å². The molecular weight excluding hydrogens is 372 g/mol. The minimum absolute atomic E-state index is 0.0656. The highest BCUT2D eigenvalue weighted by Gasteiger charge is 2.24. The maximum Gasteiger partial charge on any atom is 0.259 e. The Kier molecular flexibility index (Phi) is 8.45. The summed E-state index contributed by atoms with van der Waals surface area (Å²) in [6, 6.07) is 6.90. The molecule has 0 saturated carbocycles. The van der Waals surface area contributed by atoms with Crippen LogP contribution in [0.15, 0.2) is 24.3 Å². The van der Waals surface area contributed by atoms with Crippen LogP contribution in [-0.4, -0.2) is 104 Å². The summed E-state index contributed by atoms with van der Waals surface area (Å²) >= 11 is 0. The molecule has 1 heterocycles. The second-order valence-corrected chi connectivity index (χ2v) is 7.24. The molecule has 0 spiro atoms. The van der Waals surface area contributed by atoms with Gasteiger partial charge in [0, 0.05) is 58.9 Å². The molecule has 1 aliphatic heterocycles. The molecular formula is C21H32N4O4. The molecule has 8 heteroatoms. The molecule has 3 amide bonds. The van der Waals surface area contributed by atoms with Crippen molar-refractivity contribution in [3.05, 3.63) is 29.8 Å². The number of likely N-dealkylation sites (N-methyl/N-ethyl adjacent to an activating group) is 2. The van der Waals surface area contributed by atoms with Gasteiger partial charge in [-0.3, -0.25) is 19.3 Å². The first kappa shape index (κ1) is 22.7. The van der Waals surface area contributed by atoms with Crippen LogP contribution in [0.1, 0.15) is 24.2 Å². The van der Waals surface area contributed by atoms with Gasteiger partial charge in [-0.25, -0.2) is 0 Å². The van der Waals surface area contributed by atoms with E-state index in [1.807, 2.05) is 18.7 Å². The third-order valence-corrected chi connectivity index (χ3v) is 5.08. The molecule has 1 saturated heterocycles. The summed E-state index contributed by atoms with van der Waals surface area (Å²) < 4.78 is 5.50. The zero-order valence-corrected chi connectivity index (χ0v) is 17.9. The van der Waals surface area contributed by atoms with Crippen molar-refractivity contribution in [1.29, 1.82) is 0 Å². The number of benzene rings is 1. The molecule has 160 valence electrons. The standard InChI is InChI=1S/C21H32N4O4/c1-5-24(6-2)19(26)15-23-10-12-25(13-11-23)21(28)17-8-7-9-18(14-17)29-16-20(27)22(3)4/h7-9,14H,5-6,10-13,15-16H2,1-4H3. The van der Waals surface area contributed by atoms with Gasteiger partial charge in [-0.2, -0.15) is 0 Å². The van der Waals surface area contributed by atoms with E-state index in [2.05, 4.69) is 4.90 Å². The van der Waals surface area contributed by atoms with Crippen LogP contribution < -0.4 is 4.74 Å².